The van der Waals surface area contributed by atoms with Crippen molar-refractivity contribution in [2.75, 3.05) is 5.32 Å². The van der Waals surface area contributed by atoms with Gasteiger partial charge in [-0.15, -0.1) is 0 Å². The lowest BCUT2D eigenvalue weighted by Gasteiger charge is -2.14. The maximum Gasteiger partial charge on any atom is 0.267 e. The molecule has 0 saturated heterocycles. The summed E-state index contributed by atoms with van der Waals surface area (Å²) in [5.74, 6) is -0.596. The van der Waals surface area contributed by atoms with E-state index in [1.54, 1.807) is 36.4 Å². The fourth-order valence-corrected chi connectivity index (χ4v) is 3.20. The molecule has 8 heteroatoms. The Morgan fingerprint density at radius 2 is 1.87 bits per heavy atom. The van der Waals surface area contributed by atoms with Crippen molar-refractivity contribution in [3.05, 3.63) is 81.7 Å². The van der Waals surface area contributed by atoms with Gasteiger partial charge in [0.15, 0.2) is 0 Å². The molecule has 2 N–H and O–H groups in total. The van der Waals surface area contributed by atoms with Crippen LogP contribution in [0, 0.1) is 0 Å². The van der Waals surface area contributed by atoms with Crippen LogP contribution in [-0.2, 0) is 11.3 Å². The first kappa shape index (κ1) is 19.8. The average molecular weight is 423 g/mol. The van der Waals surface area contributed by atoms with E-state index in [0.717, 1.165) is 12.8 Å². The summed E-state index contributed by atoms with van der Waals surface area (Å²) >= 11 is 5.96. The van der Waals surface area contributed by atoms with Crippen LogP contribution >= 0.6 is 11.6 Å². The molecule has 1 fully saturated rings. The van der Waals surface area contributed by atoms with Gasteiger partial charge in [0.2, 0.25) is 5.91 Å². The van der Waals surface area contributed by atoms with Crippen molar-refractivity contribution in [2.45, 2.75) is 25.4 Å². The minimum atomic E-state index is -0.566. The number of halogens is 1. The number of amides is 2. The van der Waals surface area contributed by atoms with Crippen LogP contribution < -0.4 is 16.2 Å². The second-order valence-electron chi connectivity index (χ2n) is 7.06. The van der Waals surface area contributed by atoms with Crippen LogP contribution in [0.4, 0.5) is 5.69 Å². The quantitative estimate of drug-likeness (QED) is 0.638. The molecule has 0 spiro atoms. The molecular formula is C22H19ClN4O3. The monoisotopic (exact) mass is 422 g/mol. The second kappa shape index (κ2) is 8.51. The highest BCUT2D eigenvalue weighted by molar-refractivity contribution is 6.30. The van der Waals surface area contributed by atoms with Crippen LogP contribution in [0.25, 0.3) is 11.4 Å². The first-order valence-corrected chi connectivity index (χ1v) is 9.90. The molecule has 0 aliphatic heterocycles. The maximum atomic E-state index is 13.1. The molecular weight excluding hydrogens is 404 g/mol. The molecule has 30 heavy (non-hydrogen) atoms. The zero-order valence-electron chi connectivity index (χ0n) is 16.0. The standard InChI is InChI=1S/C22H19ClN4O3/c23-15-7-4-8-17(11-15)25-19(28)13-27-20(14-5-2-1-3-6-14)24-12-18(22(27)30)21(29)26-16-9-10-16/h1-8,11-12,16H,9-10,13H2,(H,25,28)(H,26,29). The number of hydrogen-bond donors (Lipinski definition) is 2. The van der Waals surface area contributed by atoms with E-state index in [2.05, 4.69) is 15.6 Å². The van der Waals surface area contributed by atoms with Crippen LogP contribution in [0.15, 0.2) is 65.6 Å². The predicted molar refractivity (Wildman–Crippen MR) is 115 cm³/mol. The van der Waals surface area contributed by atoms with E-state index in [9.17, 15) is 14.4 Å². The summed E-state index contributed by atoms with van der Waals surface area (Å²) in [6.45, 7) is -0.298. The van der Waals surface area contributed by atoms with Crippen LogP contribution in [0.3, 0.4) is 0 Å². The highest BCUT2D eigenvalue weighted by Crippen LogP contribution is 2.20. The summed E-state index contributed by atoms with van der Waals surface area (Å²) in [7, 11) is 0. The number of nitrogens with zero attached hydrogens (tertiary/aromatic N) is 2. The summed E-state index contributed by atoms with van der Waals surface area (Å²) in [6.07, 6.45) is 3.07. The third-order valence-electron chi connectivity index (χ3n) is 4.65. The van der Waals surface area contributed by atoms with Gasteiger partial charge >= 0.3 is 0 Å². The summed E-state index contributed by atoms with van der Waals surface area (Å²) in [5.41, 5.74) is 0.525. The van der Waals surface area contributed by atoms with Crippen molar-refractivity contribution in [2.24, 2.45) is 0 Å². The van der Waals surface area contributed by atoms with Crippen molar-refractivity contribution in [3.8, 4) is 11.4 Å². The maximum absolute atomic E-state index is 13.1. The van der Waals surface area contributed by atoms with Gasteiger partial charge in [0.05, 0.1) is 0 Å². The van der Waals surface area contributed by atoms with Crippen molar-refractivity contribution in [1.29, 1.82) is 0 Å². The third-order valence-corrected chi connectivity index (χ3v) is 4.88. The number of anilines is 1. The zero-order chi connectivity index (χ0) is 21.1. The summed E-state index contributed by atoms with van der Waals surface area (Å²) < 4.78 is 1.22. The van der Waals surface area contributed by atoms with E-state index < -0.39 is 17.4 Å². The molecule has 0 bridgehead atoms. The van der Waals surface area contributed by atoms with E-state index in [4.69, 9.17) is 11.6 Å². The molecule has 0 atom stereocenters. The van der Waals surface area contributed by atoms with Gasteiger partial charge in [-0.25, -0.2) is 4.98 Å². The molecule has 4 rings (SSSR count). The van der Waals surface area contributed by atoms with Gasteiger partial charge in [0.1, 0.15) is 17.9 Å². The van der Waals surface area contributed by atoms with Crippen LogP contribution in [0.1, 0.15) is 23.2 Å². The van der Waals surface area contributed by atoms with Gasteiger partial charge < -0.3 is 10.6 Å². The van der Waals surface area contributed by atoms with Gasteiger partial charge in [-0.3, -0.25) is 19.0 Å². The van der Waals surface area contributed by atoms with E-state index >= 15 is 0 Å². The van der Waals surface area contributed by atoms with Crippen molar-refractivity contribution in [1.82, 2.24) is 14.9 Å². The van der Waals surface area contributed by atoms with E-state index in [-0.39, 0.29) is 18.2 Å². The van der Waals surface area contributed by atoms with Crippen LogP contribution in [-0.4, -0.2) is 27.4 Å². The largest absolute Gasteiger partial charge is 0.349 e. The van der Waals surface area contributed by atoms with Crippen molar-refractivity contribution < 1.29 is 9.59 Å². The lowest BCUT2D eigenvalue weighted by molar-refractivity contribution is -0.116. The minimum Gasteiger partial charge on any atom is -0.349 e. The number of rotatable bonds is 6. The number of benzene rings is 2. The van der Waals surface area contributed by atoms with Gasteiger partial charge in [-0.05, 0) is 31.0 Å². The molecule has 1 aromatic heterocycles. The first-order valence-electron chi connectivity index (χ1n) is 9.53. The number of carbonyl (C=O) groups excluding carboxylic acids is 2. The Hall–Kier alpha value is -3.45. The number of nitrogens with one attached hydrogen (secondary N) is 2. The normalized spacial score (nSPS) is 13.0. The SMILES string of the molecule is O=C(Cn1c(-c2ccccc2)ncc(C(=O)NC2CC2)c1=O)Nc1cccc(Cl)c1. The van der Waals surface area contributed by atoms with E-state index in [1.807, 2.05) is 18.2 Å². The molecule has 1 heterocycles. The van der Waals surface area contributed by atoms with Gasteiger partial charge in [-0.2, -0.15) is 0 Å². The number of carbonyl (C=O) groups is 2. The summed E-state index contributed by atoms with van der Waals surface area (Å²) in [6, 6.07) is 15.9. The van der Waals surface area contributed by atoms with E-state index in [1.165, 1.54) is 10.8 Å². The molecule has 7 nitrogen and oxygen atoms in total. The molecule has 3 aromatic rings. The van der Waals surface area contributed by atoms with Gasteiger partial charge in [0, 0.05) is 28.5 Å². The summed E-state index contributed by atoms with van der Waals surface area (Å²) in [5, 5.41) is 5.99. The Morgan fingerprint density at radius 1 is 1.10 bits per heavy atom. The molecule has 1 aliphatic rings. The highest BCUT2D eigenvalue weighted by Gasteiger charge is 2.26. The fraction of sp³-hybridized carbons (Fsp3) is 0.182. The number of aromatic nitrogens is 2. The Morgan fingerprint density at radius 3 is 2.57 bits per heavy atom. The highest BCUT2D eigenvalue weighted by atomic mass is 35.5. The second-order valence-corrected chi connectivity index (χ2v) is 7.50. The third kappa shape index (κ3) is 4.58. The Bertz CT molecular complexity index is 1160. The first-order chi connectivity index (χ1) is 14.5. The molecule has 152 valence electrons. The molecule has 0 unspecified atom stereocenters. The smallest absolute Gasteiger partial charge is 0.267 e. The van der Waals surface area contributed by atoms with Crippen molar-refractivity contribution in [3.63, 3.8) is 0 Å². The lowest BCUT2D eigenvalue weighted by atomic mass is 10.2. The van der Waals surface area contributed by atoms with Gasteiger partial charge in [-0.1, -0.05) is 48.0 Å². The molecule has 2 aromatic carbocycles. The molecule has 1 saturated carbocycles. The zero-order valence-corrected chi connectivity index (χ0v) is 16.7. The minimum absolute atomic E-state index is 0.0860. The molecule has 0 radical (unpaired) electrons. The molecule has 2 amide bonds. The lowest BCUT2D eigenvalue weighted by Crippen LogP contribution is -2.37. The Labute approximate surface area is 177 Å². The summed E-state index contributed by atoms with van der Waals surface area (Å²) in [4.78, 5) is 42.5. The average Bonchev–Trinajstić information content (AvgIpc) is 3.54. The van der Waals surface area contributed by atoms with Crippen LogP contribution in [0.2, 0.25) is 5.02 Å². The number of hydrogen-bond acceptors (Lipinski definition) is 4. The Balaban J connectivity index is 1.68. The van der Waals surface area contributed by atoms with Crippen LogP contribution in [0.5, 0.6) is 0 Å². The Kier molecular flexibility index (Phi) is 5.63. The molecule has 1 aliphatic carbocycles. The topological polar surface area (TPSA) is 93.1 Å². The fourth-order valence-electron chi connectivity index (χ4n) is 3.01. The predicted octanol–water partition coefficient (Wildman–Crippen LogP) is 3.09. The van der Waals surface area contributed by atoms with Crippen molar-refractivity contribution >= 4 is 29.1 Å². The van der Waals surface area contributed by atoms with Gasteiger partial charge in [0.25, 0.3) is 11.5 Å². The van der Waals surface area contributed by atoms with E-state index in [0.29, 0.717) is 22.1 Å².